The van der Waals surface area contributed by atoms with E-state index in [0.29, 0.717) is 17.9 Å². The van der Waals surface area contributed by atoms with Crippen LogP contribution in [0.25, 0.3) is 0 Å². The highest BCUT2D eigenvalue weighted by Crippen LogP contribution is 2.37. The third kappa shape index (κ3) is 2.80. The van der Waals surface area contributed by atoms with Gasteiger partial charge in [-0.05, 0) is 18.9 Å². The van der Waals surface area contributed by atoms with Gasteiger partial charge in [0.15, 0.2) is 5.78 Å². The molecule has 2 aliphatic rings. The van der Waals surface area contributed by atoms with Gasteiger partial charge < -0.3 is 10.5 Å². The van der Waals surface area contributed by atoms with E-state index in [0.717, 1.165) is 57.6 Å². The summed E-state index contributed by atoms with van der Waals surface area (Å²) in [5.41, 5.74) is 7.17. The zero-order valence-electron chi connectivity index (χ0n) is 12.4. The van der Waals surface area contributed by atoms with Gasteiger partial charge in [-0.15, -0.1) is 0 Å². The molecular formula is C16H23N3O2. The van der Waals surface area contributed by atoms with Crippen LogP contribution < -0.4 is 5.73 Å². The van der Waals surface area contributed by atoms with E-state index in [4.69, 9.17) is 10.5 Å². The van der Waals surface area contributed by atoms with E-state index in [9.17, 15) is 4.79 Å². The molecule has 1 saturated heterocycles. The average Bonchev–Trinajstić information content (AvgIpc) is 3.01. The van der Waals surface area contributed by atoms with Crippen molar-refractivity contribution in [1.82, 2.24) is 9.88 Å². The van der Waals surface area contributed by atoms with E-state index < -0.39 is 0 Å². The van der Waals surface area contributed by atoms with Crippen LogP contribution in [0.4, 0.5) is 5.69 Å². The van der Waals surface area contributed by atoms with Crippen molar-refractivity contribution in [2.45, 2.75) is 37.6 Å². The molecule has 1 saturated carbocycles. The normalized spacial score (nSPS) is 22.3. The number of ketones is 1. The van der Waals surface area contributed by atoms with Crippen LogP contribution in [-0.4, -0.2) is 47.5 Å². The maximum absolute atomic E-state index is 13.0. The number of rotatable bonds is 4. The molecule has 0 amide bonds. The largest absolute Gasteiger partial charge is 0.398 e. The number of nitrogens with zero attached hydrogens (tertiary/aromatic N) is 2. The number of aromatic nitrogens is 1. The van der Waals surface area contributed by atoms with Crippen LogP contribution in [0, 0.1) is 0 Å². The molecule has 5 heteroatoms. The number of hydrogen-bond donors (Lipinski definition) is 1. The Hall–Kier alpha value is -1.46. The van der Waals surface area contributed by atoms with Crippen LogP contribution in [-0.2, 0) is 16.0 Å². The fraction of sp³-hybridized carbons (Fsp3) is 0.625. The lowest BCUT2D eigenvalue weighted by Gasteiger charge is -2.42. The number of carbonyl (C=O) groups excluding carboxylic acids is 1. The molecule has 0 unspecified atom stereocenters. The minimum Gasteiger partial charge on any atom is -0.398 e. The van der Waals surface area contributed by atoms with Gasteiger partial charge in [-0.2, -0.15) is 0 Å². The summed E-state index contributed by atoms with van der Waals surface area (Å²) < 4.78 is 5.44. The molecule has 2 heterocycles. The van der Waals surface area contributed by atoms with Crippen molar-refractivity contribution < 1.29 is 9.53 Å². The van der Waals surface area contributed by atoms with Gasteiger partial charge in [0, 0.05) is 43.2 Å². The highest BCUT2D eigenvalue weighted by atomic mass is 16.5. The van der Waals surface area contributed by atoms with Crippen LogP contribution in [0.5, 0.6) is 0 Å². The monoisotopic (exact) mass is 289 g/mol. The number of nitrogen functional groups attached to an aromatic ring is 1. The Bertz CT molecular complexity index is 506. The molecule has 3 rings (SSSR count). The van der Waals surface area contributed by atoms with Crippen LogP contribution in [0.15, 0.2) is 18.5 Å². The van der Waals surface area contributed by atoms with E-state index in [2.05, 4.69) is 9.88 Å². The Morgan fingerprint density at radius 2 is 2.05 bits per heavy atom. The van der Waals surface area contributed by atoms with E-state index in [1.165, 1.54) is 0 Å². The standard InChI is InChI=1S/C16H23N3O2/c17-14-3-6-18-12-13(14)11-15(20)16(4-1-2-5-16)19-7-9-21-10-8-19/h3,6,12H,1-2,4-5,7-11H2,(H2,17,18). The lowest BCUT2D eigenvalue weighted by molar-refractivity contribution is -0.133. The highest BCUT2D eigenvalue weighted by Gasteiger charge is 2.45. The predicted octanol–water partition coefficient (Wildman–Crippen LogP) is 1.42. The van der Waals surface area contributed by atoms with E-state index in [1.807, 2.05) is 0 Å². The van der Waals surface area contributed by atoms with Crippen LogP contribution in [0.1, 0.15) is 31.2 Å². The first kappa shape index (κ1) is 14.5. The zero-order valence-corrected chi connectivity index (χ0v) is 12.4. The Balaban J connectivity index is 1.80. The lowest BCUT2D eigenvalue weighted by Crippen LogP contribution is -2.57. The van der Waals surface area contributed by atoms with Gasteiger partial charge >= 0.3 is 0 Å². The number of hydrogen-bond acceptors (Lipinski definition) is 5. The second-order valence-electron chi connectivity index (χ2n) is 6.01. The molecule has 1 aliphatic carbocycles. The zero-order chi connectivity index (χ0) is 14.7. The first-order valence-corrected chi connectivity index (χ1v) is 7.77. The molecule has 1 aliphatic heterocycles. The van der Waals surface area contributed by atoms with Crippen molar-refractivity contribution in [2.24, 2.45) is 0 Å². The smallest absolute Gasteiger partial charge is 0.157 e. The number of Topliss-reactive ketones (excluding diaryl/α,β-unsaturated/α-hetero) is 1. The first-order chi connectivity index (χ1) is 10.2. The average molecular weight is 289 g/mol. The van der Waals surface area contributed by atoms with Crippen LogP contribution in [0.2, 0.25) is 0 Å². The van der Waals surface area contributed by atoms with Gasteiger partial charge in [0.25, 0.3) is 0 Å². The number of morpholine rings is 1. The summed E-state index contributed by atoms with van der Waals surface area (Å²) in [7, 11) is 0. The first-order valence-electron chi connectivity index (χ1n) is 7.77. The minimum atomic E-state index is -0.300. The molecule has 21 heavy (non-hydrogen) atoms. The molecule has 0 spiro atoms. The summed E-state index contributed by atoms with van der Waals surface area (Å²) in [6.07, 6.45) is 7.96. The summed E-state index contributed by atoms with van der Waals surface area (Å²) in [6, 6.07) is 1.76. The Morgan fingerprint density at radius 3 is 2.71 bits per heavy atom. The second kappa shape index (κ2) is 6.12. The van der Waals surface area contributed by atoms with Crippen molar-refractivity contribution in [2.75, 3.05) is 32.0 Å². The van der Waals surface area contributed by atoms with Gasteiger partial charge in [0.2, 0.25) is 0 Å². The fourth-order valence-corrected chi connectivity index (χ4v) is 3.65. The van der Waals surface area contributed by atoms with Gasteiger partial charge in [0.1, 0.15) is 0 Å². The lowest BCUT2D eigenvalue weighted by atomic mass is 9.86. The number of carbonyl (C=O) groups is 1. The molecule has 0 aromatic carbocycles. The summed E-state index contributed by atoms with van der Waals surface area (Å²) in [5, 5.41) is 0. The van der Waals surface area contributed by atoms with Gasteiger partial charge in [-0.3, -0.25) is 14.7 Å². The van der Waals surface area contributed by atoms with Crippen LogP contribution >= 0.6 is 0 Å². The summed E-state index contributed by atoms with van der Waals surface area (Å²) >= 11 is 0. The molecule has 1 aromatic rings. The van der Waals surface area contributed by atoms with Gasteiger partial charge in [-0.1, -0.05) is 12.8 Å². The number of pyridine rings is 1. The number of nitrogens with two attached hydrogens (primary N) is 1. The molecule has 0 atom stereocenters. The van der Waals surface area contributed by atoms with Crippen molar-refractivity contribution in [3.05, 3.63) is 24.0 Å². The summed E-state index contributed by atoms with van der Waals surface area (Å²) in [5.74, 6) is 0.293. The molecule has 0 bridgehead atoms. The molecule has 2 fully saturated rings. The van der Waals surface area contributed by atoms with Gasteiger partial charge in [0.05, 0.1) is 18.8 Å². The Morgan fingerprint density at radius 1 is 1.33 bits per heavy atom. The van der Waals surface area contributed by atoms with E-state index in [-0.39, 0.29) is 5.54 Å². The van der Waals surface area contributed by atoms with Crippen molar-refractivity contribution >= 4 is 11.5 Å². The van der Waals surface area contributed by atoms with Crippen molar-refractivity contribution in [1.29, 1.82) is 0 Å². The topological polar surface area (TPSA) is 68.5 Å². The number of anilines is 1. The quantitative estimate of drug-likeness (QED) is 0.908. The van der Waals surface area contributed by atoms with E-state index >= 15 is 0 Å². The third-order valence-corrected chi connectivity index (χ3v) is 4.86. The third-order valence-electron chi connectivity index (χ3n) is 4.86. The molecule has 1 aromatic heterocycles. The minimum absolute atomic E-state index is 0.293. The van der Waals surface area contributed by atoms with Gasteiger partial charge in [-0.25, -0.2) is 0 Å². The van der Waals surface area contributed by atoms with E-state index in [1.54, 1.807) is 18.5 Å². The number of ether oxygens (including phenoxy) is 1. The Labute approximate surface area is 125 Å². The fourth-order valence-electron chi connectivity index (χ4n) is 3.65. The molecular weight excluding hydrogens is 266 g/mol. The van der Waals surface area contributed by atoms with Crippen LogP contribution in [0.3, 0.4) is 0 Å². The SMILES string of the molecule is Nc1ccncc1CC(=O)C1(N2CCOCC2)CCCC1. The maximum atomic E-state index is 13.0. The predicted molar refractivity (Wildman–Crippen MR) is 81.0 cm³/mol. The molecule has 5 nitrogen and oxygen atoms in total. The highest BCUT2D eigenvalue weighted by molar-refractivity contribution is 5.91. The second-order valence-corrected chi connectivity index (χ2v) is 6.01. The molecule has 2 N–H and O–H groups in total. The molecule has 0 radical (unpaired) electrons. The molecule has 114 valence electrons. The van der Waals surface area contributed by atoms with Crippen molar-refractivity contribution in [3.63, 3.8) is 0 Å². The summed E-state index contributed by atoms with van der Waals surface area (Å²) in [4.78, 5) is 19.5. The van der Waals surface area contributed by atoms with Crippen molar-refractivity contribution in [3.8, 4) is 0 Å². The summed E-state index contributed by atoms with van der Waals surface area (Å²) in [6.45, 7) is 3.16. The maximum Gasteiger partial charge on any atom is 0.157 e. The Kier molecular flexibility index (Phi) is 4.22.